The molecule has 14 heavy (non-hydrogen) atoms. The summed E-state index contributed by atoms with van der Waals surface area (Å²) in [6.45, 7) is 1.03. The molecule has 1 aromatic carbocycles. The Labute approximate surface area is 88.1 Å². The molecule has 0 saturated carbocycles. The molecule has 1 N–H and O–H groups in total. The lowest BCUT2D eigenvalue weighted by molar-refractivity contribution is 0.0980. The van der Waals surface area contributed by atoms with Gasteiger partial charge in [0, 0.05) is 24.3 Å². The molecule has 2 rings (SSSR count). The van der Waals surface area contributed by atoms with Crippen LogP contribution in [-0.4, -0.2) is 23.5 Å². The van der Waals surface area contributed by atoms with E-state index >= 15 is 0 Å². The second-order valence-corrected chi connectivity index (χ2v) is 4.62. The summed E-state index contributed by atoms with van der Waals surface area (Å²) in [5.41, 5.74) is 0.821. The van der Waals surface area contributed by atoms with E-state index in [1.165, 1.54) is 0 Å². The number of hydrogen-bond donors (Lipinski definition) is 1. The number of thioether (sulfide) groups is 1. The van der Waals surface area contributed by atoms with Crippen molar-refractivity contribution in [2.24, 2.45) is 0 Å². The minimum absolute atomic E-state index is 0.234. The van der Waals surface area contributed by atoms with Gasteiger partial charge >= 0.3 is 0 Å². The molecule has 1 aliphatic heterocycles. The van der Waals surface area contributed by atoms with Crippen molar-refractivity contribution in [1.82, 2.24) is 5.32 Å². The van der Waals surface area contributed by atoms with Gasteiger partial charge in [-0.2, -0.15) is 0 Å². The third kappa shape index (κ3) is 2.36. The fraction of sp³-hybridized carbons (Fsp3) is 0.364. The second kappa shape index (κ2) is 4.62. The molecular formula is C11H13NOS. The number of benzene rings is 1. The van der Waals surface area contributed by atoms with Crippen molar-refractivity contribution in [3.05, 3.63) is 35.9 Å². The maximum Gasteiger partial charge on any atom is 0.165 e. The van der Waals surface area contributed by atoms with Crippen molar-refractivity contribution in [2.45, 2.75) is 11.8 Å². The maximum absolute atomic E-state index is 11.7. The predicted molar refractivity (Wildman–Crippen MR) is 59.6 cm³/mol. The van der Waals surface area contributed by atoms with E-state index < -0.39 is 0 Å². The van der Waals surface area contributed by atoms with Crippen LogP contribution < -0.4 is 5.32 Å². The van der Waals surface area contributed by atoms with E-state index in [2.05, 4.69) is 5.32 Å². The summed E-state index contributed by atoms with van der Waals surface area (Å²) in [7, 11) is 0. The summed E-state index contributed by atoms with van der Waals surface area (Å²) < 4.78 is 0. The molecule has 0 amide bonds. The van der Waals surface area contributed by atoms with Crippen LogP contribution in [0.25, 0.3) is 0 Å². The van der Waals surface area contributed by atoms with E-state index in [1.54, 1.807) is 0 Å². The molecule has 0 spiro atoms. The summed E-state index contributed by atoms with van der Waals surface area (Å²) in [5, 5.41) is 3.62. The highest BCUT2D eigenvalue weighted by atomic mass is 32.2. The lowest BCUT2D eigenvalue weighted by Gasteiger charge is -2.07. The Hall–Kier alpha value is -0.800. The van der Waals surface area contributed by atoms with Gasteiger partial charge in [-0.1, -0.05) is 30.3 Å². The van der Waals surface area contributed by atoms with Crippen LogP contribution in [0.4, 0.5) is 0 Å². The fourth-order valence-electron chi connectivity index (χ4n) is 1.52. The van der Waals surface area contributed by atoms with Gasteiger partial charge in [-0.05, 0) is 0 Å². The molecule has 0 radical (unpaired) electrons. The first-order chi connectivity index (χ1) is 6.86. The second-order valence-electron chi connectivity index (χ2n) is 3.31. The molecule has 0 bridgehead atoms. The lowest BCUT2D eigenvalue weighted by Crippen LogP contribution is -2.22. The van der Waals surface area contributed by atoms with Gasteiger partial charge in [0.2, 0.25) is 0 Å². The van der Waals surface area contributed by atoms with Gasteiger partial charge < -0.3 is 5.32 Å². The number of carbonyl (C=O) groups is 1. The lowest BCUT2D eigenvalue weighted by atomic mass is 10.1. The van der Waals surface area contributed by atoms with E-state index in [4.69, 9.17) is 0 Å². The van der Waals surface area contributed by atoms with Crippen molar-refractivity contribution < 1.29 is 4.79 Å². The average Bonchev–Trinajstić information content (AvgIpc) is 2.72. The first-order valence-electron chi connectivity index (χ1n) is 4.79. The molecule has 1 fully saturated rings. The normalized spacial score (nSPS) is 21.0. The third-order valence-corrected chi connectivity index (χ3v) is 3.44. The van der Waals surface area contributed by atoms with Crippen LogP contribution >= 0.6 is 11.8 Å². The van der Waals surface area contributed by atoms with Crippen LogP contribution in [0.2, 0.25) is 0 Å². The minimum Gasteiger partial charge on any atom is -0.304 e. The van der Waals surface area contributed by atoms with Crippen molar-refractivity contribution in [3.63, 3.8) is 0 Å². The summed E-state index contributed by atoms with van der Waals surface area (Å²) in [6, 6.07) is 9.49. The predicted octanol–water partition coefficient (Wildman–Crippen LogP) is 1.92. The zero-order chi connectivity index (χ0) is 9.80. The van der Waals surface area contributed by atoms with Gasteiger partial charge in [-0.25, -0.2) is 0 Å². The quantitative estimate of drug-likeness (QED) is 0.768. The highest BCUT2D eigenvalue weighted by Crippen LogP contribution is 2.18. The first kappa shape index (κ1) is 9.74. The minimum atomic E-state index is 0.234. The van der Waals surface area contributed by atoms with Crippen LogP contribution in [0.15, 0.2) is 30.3 Å². The molecule has 1 aliphatic rings. The zero-order valence-corrected chi connectivity index (χ0v) is 8.72. The van der Waals surface area contributed by atoms with Crippen molar-refractivity contribution in [3.8, 4) is 0 Å². The number of carbonyl (C=O) groups excluding carboxylic acids is 1. The SMILES string of the molecule is O=C(CC1NCCS1)c1ccccc1. The van der Waals surface area contributed by atoms with Crippen molar-refractivity contribution in [1.29, 1.82) is 0 Å². The van der Waals surface area contributed by atoms with Gasteiger partial charge in [0.1, 0.15) is 0 Å². The maximum atomic E-state index is 11.7. The molecule has 3 heteroatoms. The van der Waals surface area contributed by atoms with E-state index in [1.807, 2.05) is 42.1 Å². The fourth-order valence-corrected chi connectivity index (χ4v) is 2.55. The summed E-state index contributed by atoms with van der Waals surface area (Å²) in [6.07, 6.45) is 0.606. The Kier molecular flexibility index (Phi) is 3.22. The third-order valence-electron chi connectivity index (χ3n) is 2.26. The molecule has 1 atom stereocenters. The molecule has 74 valence electrons. The number of hydrogen-bond acceptors (Lipinski definition) is 3. The van der Waals surface area contributed by atoms with Gasteiger partial charge in [0.15, 0.2) is 5.78 Å². The summed E-state index contributed by atoms with van der Waals surface area (Å²) in [4.78, 5) is 11.7. The first-order valence-corrected chi connectivity index (χ1v) is 5.84. The smallest absolute Gasteiger partial charge is 0.165 e. The number of nitrogens with one attached hydrogen (secondary N) is 1. The number of rotatable bonds is 3. The summed E-state index contributed by atoms with van der Waals surface area (Å²) in [5.74, 6) is 1.35. The van der Waals surface area contributed by atoms with Crippen LogP contribution in [0, 0.1) is 0 Å². The Balaban J connectivity index is 1.95. The average molecular weight is 207 g/mol. The Bertz CT molecular complexity index is 306. The monoisotopic (exact) mass is 207 g/mol. The van der Waals surface area contributed by atoms with E-state index in [0.29, 0.717) is 11.8 Å². The van der Waals surface area contributed by atoms with Crippen LogP contribution in [-0.2, 0) is 0 Å². The Morgan fingerprint density at radius 3 is 2.86 bits per heavy atom. The molecular weight excluding hydrogens is 194 g/mol. The van der Waals surface area contributed by atoms with Crippen LogP contribution in [0.5, 0.6) is 0 Å². The van der Waals surface area contributed by atoms with E-state index in [-0.39, 0.29) is 5.78 Å². The molecule has 1 unspecified atom stereocenters. The summed E-state index contributed by atoms with van der Waals surface area (Å²) >= 11 is 1.83. The highest BCUT2D eigenvalue weighted by Gasteiger charge is 2.18. The molecule has 1 saturated heterocycles. The topological polar surface area (TPSA) is 29.1 Å². The van der Waals surface area contributed by atoms with Gasteiger partial charge in [-0.15, -0.1) is 11.8 Å². The number of ketones is 1. The van der Waals surface area contributed by atoms with Crippen molar-refractivity contribution >= 4 is 17.5 Å². The molecule has 1 heterocycles. The Morgan fingerprint density at radius 1 is 1.43 bits per heavy atom. The number of Topliss-reactive ketones (excluding diaryl/α,β-unsaturated/α-hetero) is 1. The van der Waals surface area contributed by atoms with Gasteiger partial charge in [-0.3, -0.25) is 4.79 Å². The van der Waals surface area contributed by atoms with E-state index in [9.17, 15) is 4.79 Å². The molecule has 0 aromatic heterocycles. The molecule has 2 nitrogen and oxygen atoms in total. The van der Waals surface area contributed by atoms with Gasteiger partial charge in [0.25, 0.3) is 0 Å². The molecule has 1 aromatic rings. The van der Waals surface area contributed by atoms with Crippen LogP contribution in [0.3, 0.4) is 0 Å². The molecule has 0 aliphatic carbocycles. The van der Waals surface area contributed by atoms with Crippen LogP contribution in [0.1, 0.15) is 16.8 Å². The Morgan fingerprint density at radius 2 is 2.21 bits per heavy atom. The van der Waals surface area contributed by atoms with E-state index in [0.717, 1.165) is 17.9 Å². The largest absolute Gasteiger partial charge is 0.304 e. The van der Waals surface area contributed by atoms with Crippen molar-refractivity contribution in [2.75, 3.05) is 12.3 Å². The van der Waals surface area contributed by atoms with Gasteiger partial charge in [0.05, 0.1) is 5.37 Å². The zero-order valence-electron chi connectivity index (χ0n) is 7.90. The standard InChI is InChI=1S/C11H13NOS/c13-10(8-11-12-6-7-14-11)9-4-2-1-3-5-9/h1-5,11-12H,6-8H2. The highest BCUT2D eigenvalue weighted by molar-refractivity contribution is 8.00.